The zero-order valence-corrected chi connectivity index (χ0v) is 17.6. The molecular weight excluding hydrogens is 432 g/mol. The van der Waals surface area contributed by atoms with E-state index in [2.05, 4.69) is 4.98 Å². The van der Waals surface area contributed by atoms with Crippen LogP contribution in [0.3, 0.4) is 0 Å². The third-order valence-electron chi connectivity index (χ3n) is 4.57. The summed E-state index contributed by atoms with van der Waals surface area (Å²) in [7, 11) is -3.49. The summed E-state index contributed by atoms with van der Waals surface area (Å²) in [5.74, 6) is 0.228. The van der Waals surface area contributed by atoms with Crippen LogP contribution in [0.4, 0.5) is 0 Å². The van der Waals surface area contributed by atoms with Crippen molar-refractivity contribution in [3.63, 3.8) is 0 Å². The molecule has 0 fully saturated rings. The molecule has 6 nitrogen and oxygen atoms in total. The number of fused-ring (bicyclic) bond motifs is 1. The van der Waals surface area contributed by atoms with Gasteiger partial charge in [-0.05, 0) is 41.5 Å². The second-order valence-electron chi connectivity index (χ2n) is 6.61. The molecule has 150 valence electrons. The summed E-state index contributed by atoms with van der Waals surface area (Å²) in [5.41, 5.74) is 1.77. The number of carbonyl (C=O) groups excluding carboxylic acids is 1. The van der Waals surface area contributed by atoms with Gasteiger partial charge in [0.2, 0.25) is 0 Å². The van der Waals surface area contributed by atoms with Gasteiger partial charge in [0.15, 0.2) is 16.4 Å². The number of nitrogens with zero attached hydrogens (tertiary/aromatic N) is 2. The van der Waals surface area contributed by atoms with Gasteiger partial charge in [0.25, 0.3) is 5.91 Å². The Bertz CT molecular complexity index is 1150. The fourth-order valence-electron chi connectivity index (χ4n) is 3.10. The molecule has 0 atom stereocenters. The number of amides is 1. The lowest BCUT2D eigenvalue weighted by molar-refractivity contribution is -0.134. The van der Waals surface area contributed by atoms with Crippen LogP contribution < -0.4 is 4.74 Å². The van der Waals surface area contributed by atoms with Crippen LogP contribution in [-0.4, -0.2) is 30.8 Å². The molecule has 1 aromatic heterocycles. The van der Waals surface area contributed by atoms with Gasteiger partial charge in [-0.2, -0.15) is 0 Å². The highest BCUT2D eigenvalue weighted by Gasteiger charge is 2.26. The summed E-state index contributed by atoms with van der Waals surface area (Å²) < 4.78 is 30.8. The Morgan fingerprint density at radius 2 is 2.00 bits per heavy atom. The van der Waals surface area contributed by atoms with Gasteiger partial charge >= 0.3 is 0 Å². The molecule has 3 aromatic rings. The topological polar surface area (TPSA) is 76.6 Å². The normalized spacial score (nSPS) is 13.3. The Morgan fingerprint density at radius 3 is 2.76 bits per heavy atom. The third-order valence-corrected chi connectivity index (χ3v) is 7.39. The van der Waals surface area contributed by atoms with E-state index >= 15 is 0 Å². The number of sulfone groups is 1. The van der Waals surface area contributed by atoms with Crippen molar-refractivity contribution in [1.82, 2.24) is 9.88 Å². The number of thiazole rings is 1. The lowest BCUT2D eigenvalue weighted by Gasteiger charge is -2.15. The molecule has 0 N–H and O–H groups in total. The molecule has 0 saturated heterocycles. The number of hydrogen-bond donors (Lipinski definition) is 0. The van der Waals surface area contributed by atoms with Gasteiger partial charge in [-0.15, -0.1) is 11.3 Å². The molecule has 0 saturated carbocycles. The molecule has 2 aromatic carbocycles. The van der Waals surface area contributed by atoms with Crippen molar-refractivity contribution in [2.24, 2.45) is 0 Å². The number of hydrogen-bond acceptors (Lipinski definition) is 6. The van der Waals surface area contributed by atoms with Crippen LogP contribution >= 0.6 is 22.9 Å². The van der Waals surface area contributed by atoms with Crippen LogP contribution in [0, 0.1) is 0 Å². The first-order chi connectivity index (χ1) is 13.9. The SMILES string of the molecule is O=C(COc1cccc(Cl)c1)N1Cc2ccc(S(=O)(=O)Cc3nccs3)cc2C1. The minimum absolute atomic E-state index is 0.108. The van der Waals surface area contributed by atoms with Crippen LogP contribution in [0.1, 0.15) is 16.1 Å². The van der Waals surface area contributed by atoms with Crippen molar-refractivity contribution < 1.29 is 17.9 Å². The van der Waals surface area contributed by atoms with Crippen molar-refractivity contribution in [3.05, 3.63) is 75.2 Å². The predicted molar refractivity (Wildman–Crippen MR) is 111 cm³/mol. The first-order valence-corrected chi connectivity index (χ1v) is 11.7. The van der Waals surface area contributed by atoms with Crippen LogP contribution in [0.25, 0.3) is 0 Å². The van der Waals surface area contributed by atoms with Crippen LogP contribution in [0.15, 0.2) is 58.9 Å². The van der Waals surface area contributed by atoms with Crippen LogP contribution in [-0.2, 0) is 33.5 Å². The van der Waals surface area contributed by atoms with Gasteiger partial charge in [0.1, 0.15) is 16.5 Å². The van der Waals surface area contributed by atoms with E-state index in [-0.39, 0.29) is 23.2 Å². The number of rotatable bonds is 6. The largest absolute Gasteiger partial charge is 0.484 e. The number of benzene rings is 2. The third kappa shape index (κ3) is 4.60. The monoisotopic (exact) mass is 448 g/mol. The number of carbonyl (C=O) groups is 1. The maximum Gasteiger partial charge on any atom is 0.261 e. The molecule has 1 aliphatic rings. The standard InChI is InChI=1S/C20H17ClN2O4S2/c21-16-2-1-3-17(9-16)27-12-20(24)23-10-14-4-5-18(8-15(14)11-23)29(25,26)13-19-22-6-7-28-19/h1-9H,10-13H2. The average Bonchev–Trinajstić information content (AvgIpc) is 3.34. The summed E-state index contributed by atoms with van der Waals surface area (Å²) in [6, 6.07) is 11.9. The molecular formula is C20H17ClN2O4S2. The first kappa shape index (κ1) is 19.9. The van der Waals surface area contributed by atoms with Crippen molar-refractivity contribution in [3.8, 4) is 5.75 Å². The van der Waals surface area contributed by atoms with Crippen molar-refractivity contribution >= 4 is 38.7 Å². The summed E-state index contributed by atoms with van der Waals surface area (Å²) in [5, 5.41) is 2.85. The molecule has 0 bridgehead atoms. The summed E-state index contributed by atoms with van der Waals surface area (Å²) >= 11 is 7.23. The lowest BCUT2D eigenvalue weighted by Crippen LogP contribution is -2.30. The fraction of sp³-hybridized carbons (Fsp3) is 0.200. The zero-order chi connectivity index (χ0) is 20.4. The minimum atomic E-state index is -3.49. The molecule has 4 rings (SSSR count). The number of aromatic nitrogens is 1. The van der Waals surface area contributed by atoms with E-state index in [9.17, 15) is 13.2 Å². The second kappa shape index (κ2) is 8.14. The summed E-state index contributed by atoms with van der Waals surface area (Å²) in [6.07, 6.45) is 1.59. The molecule has 1 aliphatic heterocycles. The maximum atomic E-state index is 12.7. The second-order valence-corrected chi connectivity index (χ2v) is 10.0. The number of ether oxygens (including phenoxy) is 1. The Morgan fingerprint density at radius 1 is 1.17 bits per heavy atom. The van der Waals surface area contributed by atoms with Gasteiger partial charge < -0.3 is 9.64 Å². The highest BCUT2D eigenvalue weighted by atomic mass is 35.5. The molecule has 0 aliphatic carbocycles. The highest BCUT2D eigenvalue weighted by Crippen LogP contribution is 2.27. The van der Waals surface area contributed by atoms with E-state index in [1.165, 1.54) is 11.3 Å². The van der Waals surface area contributed by atoms with Crippen LogP contribution in [0.2, 0.25) is 5.02 Å². The first-order valence-electron chi connectivity index (χ1n) is 8.80. The van der Waals surface area contributed by atoms with Crippen molar-refractivity contribution in [2.75, 3.05) is 6.61 Å². The summed E-state index contributed by atoms with van der Waals surface area (Å²) in [6.45, 7) is 0.678. The average molecular weight is 449 g/mol. The van der Waals surface area contributed by atoms with E-state index in [0.717, 1.165) is 11.1 Å². The smallest absolute Gasteiger partial charge is 0.261 e. The Balaban J connectivity index is 1.42. The van der Waals surface area contributed by atoms with E-state index in [1.54, 1.807) is 58.9 Å². The molecule has 2 heterocycles. The zero-order valence-electron chi connectivity index (χ0n) is 15.2. The molecule has 0 radical (unpaired) electrons. The lowest BCUT2D eigenvalue weighted by atomic mass is 10.1. The van der Waals surface area contributed by atoms with Gasteiger partial charge in [-0.1, -0.05) is 23.7 Å². The Labute approximate surface area is 177 Å². The summed E-state index contributed by atoms with van der Waals surface area (Å²) in [4.78, 5) is 18.4. The molecule has 9 heteroatoms. The molecule has 0 spiro atoms. The molecule has 29 heavy (non-hydrogen) atoms. The highest BCUT2D eigenvalue weighted by molar-refractivity contribution is 7.90. The van der Waals surface area contributed by atoms with Crippen molar-refractivity contribution in [2.45, 2.75) is 23.7 Å². The van der Waals surface area contributed by atoms with Gasteiger partial charge in [0.05, 0.1) is 4.90 Å². The molecule has 1 amide bonds. The minimum Gasteiger partial charge on any atom is -0.484 e. The number of halogens is 1. The molecule has 0 unspecified atom stereocenters. The fourth-order valence-corrected chi connectivity index (χ4v) is 5.59. The van der Waals surface area contributed by atoms with Crippen LogP contribution in [0.5, 0.6) is 5.75 Å². The maximum absolute atomic E-state index is 12.7. The Kier molecular flexibility index (Phi) is 5.58. The Hall–Kier alpha value is -2.42. The van der Waals surface area contributed by atoms with E-state index in [1.807, 2.05) is 0 Å². The van der Waals surface area contributed by atoms with Gasteiger partial charge in [-0.3, -0.25) is 4.79 Å². The van der Waals surface area contributed by atoms with E-state index < -0.39 is 9.84 Å². The quantitative estimate of drug-likeness (QED) is 0.574. The van der Waals surface area contributed by atoms with Gasteiger partial charge in [-0.25, -0.2) is 13.4 Å². The predicted octanol–water partition coefficient (Wildman–Crippen LogP) is 3.69. The van der Waals surface area contributed by atoms with E-state index in [4.69, 9.17) is 16.3 Å². The van der Waals surface area contributed by atoms with Gasteiger partial charge in [0, 0.05) is 29.7 Å². The van der Waals surface area contributed by atoms with Crippen molar-refractivity contribution in [1.29, 1.82) is 0 Å². The van der Waals surface area contributed by atoms with E-state index in [0.29, 0.717) is 28.9 Å².